The topological polar surface area (TPSA) is 76.1 Å². The number of rotatable bonds is 5. The van der Waals surface area contributed by atoms with Gasteiger partial charge in [0, 0.05) is 17.8 Å². The molecule has 0 radical (unpaired) electrons. The molecule has 0 spiro atoms. The van der Waals surface area contributed by atoms with Crippen LogP contribution in [0.5, 0.6) is 0 Å². The smallest absolute Gasteiger partial charge is 0.245 e. The van der Waals surface area contributed by atoms with E-state index in [4.69, 9.17) is 0 Å². The van der Waals surface area contributed by atoms with E-state index < -0.39 is 5.91 Å². The lowest BCUT2D eigenvalue weighted by molar-refractivity contribution is -0.118. The Bertz CT molecular complexity index is 452. The van der Waals surface area contributed by atoms with Crippen LogP contribution in [0.3, 0.4) is 0 Å². The predicted octanol–water partition coefficient (Wildman–Crippen LogP) is 0.369. The maximum atomic E-state index is 11.4. The highest BCUT2D eigenvalue weighted by Gasteiger charge is 2.10. The molecule has 0 aliphatic heterocycles. The van der Waals surface area contributed by atoms with E-state index in [0.29, 0.717) is 12.0 Å². The summed E-state index contributed by atoms with van der Waals surface area (Å²) in [6.07, 6.45) is 3.25. The highest BCUT2D eigenvalue weighted by atomic mass is 16.2. The van der Waals surface area contributed by atoms with E-state index in [-0.39, 0.29) is 17.9 Å². The molecule has 0 bridgehead atoms. The van der Waals surface area contributed by atoms with Gasteiger partial charge in [0.25, 0.3) is 0 Å². The molecule has 1 aromatic heterocycles. The first-order valence-electron chi connectivity index (χ1n) is 5.00. The van der Waals surface area contributed by atoms with E-state index in [2.05, 4.69) is 10.3 Å². The van der Waals surface area contributed by atoms with Crippen molar-refractivity contribution in [3.8, 4) is 0 Å². The fraction of sp³-hybridized carbons (Fsp3) is 0.167. The molecule has 1 aromatic rings. The third-order valence-corrected chi connectivity index (χ3v) is 1.96. The van der Waals surface area contributed by atoms with Crippen LogP contribution in [0.15, 0.2) is 30.5 Å². The van der Waals surface area contributed by atoms with Crippen molar-refractivity contribution in [2.75, 3.05) is 6.54 Å². The van der Waals surface area contributed by atoms with Gasteiger partial charge in [-0.3, -0.25) is 14.6 Å². The van der Waals surface area contributed by atoms with Gasteiger partial charge < -0.3 is 10.1 Å². The summed E-state index contributed by atoms with van der Waals surface area (Å²) in [7, 11) is 0. The van der Waals surface area contributed by atoms with Gasteiger partial charge in [-0.05, 0) is 19.1 Å². The lowest BCUT2D eigenvalue weighted by Crippen LogP contribution is -2.23. The predicted molar refractivity (Wildman–Crippen MR) is 62.0 cm³/mol. The number of carbonyl (C=O) groups excluding carboxylic acids is 3. The summed E-state index contributed by atoms with van der Waals surface area (Å²) in [6, 6.07) is 5.08. The summed E-state index contributed by atoms with van der Waals surface area (Å²) < 4.78 is 0. The maximum Gasteiger partial charge on any atom is 0.245 e. The molecule has 0 aliphatic carbocycles. The molecule has 0 unspecified atom stereocenters. The minimum Gasteiger partial charge on any atom is -0.346 e. The zero-order valence-corrected chi connectivity index (χ0v) is 9.34. The van der Waals surface area contributed by atoms with Crippen LogP contribution in [0.4, 0.5) is 0 Å². The Morgan fingerprint density at radius 2 is 2.18 bits per heavy atom. The highest BCUT2D eigenvalue weighted by molar-refractivity contribution is 6.23. The van der Waals surface area contributed by atoms with E-state index >= 15 is 0 Å². The van der Waals surface area contributed by atoms with Gasteiger partial charge in [-0.2, -0.15) is 0 Å². The summed E-state index contributed by atoms with van der Waals surface area (Å²) in [5.74, 6) is -0.752. The molecule has 88 valence electrons. The van der Waals surface area contributed by atoms with Crippen molar-refractivity contribution in [3.63, 3.8) is 0 Å². The van der Waals surface area contributed by atoms with Crippen molar-refractivity contribution in [1.82, 2.24) is 10.3 Å². The van der Waals surface area contributed by atoms with Crippen molar-refractivity contribution in [3.05, 3.63) is 36.2 Å². The van der Waals surface area contributed by atoms with Crippen molar-refractivity contribution < 1.29 is 14.4 Å². The van der Waals surface area contributed by atoms with Gasteiger partial charge in [-0.15, -0.1) is 0 Å². The lowest BCUT2D eigenvalue weighted by Gasteiger charge is -2.02. The summed E-state index contributed by atoms with van der Waals surface area (Å²) in [5.41, 5.74) is 0.648. The van der Waals surface area contributed by atoms with Crippen LogP contribution in [0, 0.1) is 0 Å². The number of allylic oxidation sites excluding steroid dienone is 1. The first kappa shape index (κ1) is 12.8. The summed E-state index contributed by atoms with van der Waals surface area (Å²) in [6.45, 7) is 1.27. The molecule has 17 heavy (non-hydrogen) atoms. The third kappa shape index (κ3) is 3.98. The molecule has 0 saturated heterocycles. The third-order valence-electron chi connectivity index (χ3n) is 1.96. The molecule has 0 aliphatic rings. The van der Waals surface area contributed by atoms with Crippen molar-refractivity contribution >= 4 is 23.5 Å². The molecule has 1 amide bonds. The first-order chi connectivity index (χ1) is 8.15. The standard InChI is InChI=1S/C12H12N2O3/c1-9(16)10(8-12(17)14-6-7-15)11-4-2-3-5-13-11/h2-5,7-8H,6H2,1H3,(H,14,17). The van der Waals surface area contributed by atoms with E-state index in [9.17, 15) is 14.4 Å². The minimum atomic E-state index is -0.493. The van der Waals surface area contributed by atoms with E-state index in [1.54, 1.807) is 18.2 Å². The Morgan fingerprint density at radius 1 is 1.41 bits per heavy atom. The Labute approximate surface area is 98.6 Å². The number of nitrogens with one attached hydrogen (secondary N) is 1. The molecule has 5 nitrogen and oxygen atoms in total. The van der Waals surface area contributed by atoms with Crippen LogP contribution in [0.25, 0.3) is 5.57 Å². The van der Waals surface area contributed by atoms with Crippen LogP contribution in [0.2, 0.25) is 0 Å². The number of hydrogen-bond acceptors (Lipinski definition) is 4. The van der Waals surface area contributed by atoms with Crippen molar-refractivity contribution in [1.29, 1.82) is 0 Å². The van der Waals surface area contributed by atoms with Gasteiger partial charge in [0.15, 0.2) is 5.78 Å². The Hall–Kier alpha value is -2.30. The summed E-state index contributed by atoms with van der Waals surface area (Å²) in [4.78, 5) is 36.8. The fourth-order valence-corrected chi connectivity index (χ4v) is 1.20. The second-order valence-electron chi connectivity index (χ2n) is 3.24. The zero-order valence-electron chi connectivity index (χ0n) is 9.34. The maximum absolute atomic E-state index is 11.4. The van der Waals surface area contributed by atoms with E-state index in [1.807, 2.05) is 0 Å². The number of amides is 1. The molecule has 5 heteroatoms. The highest BCUT2D eigenvalue weighted by Crippen LogP contribution is 2.11. The van der Waals surface area contributed by atoms with Gasteiger partial charge in [-0.1, -0.05) is 6.07 Å². The van der Waals surface area contributed by atoms with Crippen LogP contribution < -0.4 is 5.32 Å². The lowest BCUT2D eigenvalue weighted by atomic mass is 10.1. The number of aldehydes is 1. The van der Waals surface area contributed by atoms with E-state index in [0.717, 1.165) is 6.08 Å². The molecule has 0 saturated carbocycles. The number of hydrogen-bond donors (Lipinski definition) is 1. The zero-order chi connectivity index (χ0) is 12.7. The molecule has 1 heterocycles. The fourth-order valence-electron chi connectivity index (χ4n) is 1.20. The van der Waals surface area contributed by atoms with Gasteiger partial charge in [0.1, 0.15) is 6.29 Å². The molecule has 0 aromatic carbocycles. The molecular formula is C12H12N2O3. The largest absolute Gasteiger partial charge is 0.346 e. The van der Waals surface area contributed by atoms with Gasteiger partial charge in [-0.25, -0.2) is 0 Å². The average Bonchev–Trinajstić information content (AvgIpc) is 2.34. The SMILES string of the molecule is CC(=O)C(=CC(=O)NCC=O)c1ccccn1. The number of aromatic nitrogens is 1. The van der Waals surface area contributed by atoms with Crippen LogP contribution >= 0.6 is 0 Å². The summed E-state index contributed by atoms with van der Waals surface area (Å²) >= 11 is 0. The number of carbonyl (C=O) groups is 3. The number of nitrogens with zero attached hydrogens (tertiary/aromatic N) is 1. The Morgan fingerprint density at radius 3 is 2.71 bits per heavy atom. The number of pyridine rings is 1. The minimum absolute atomic E-state index is 0.0806. The first-order valence-corrected chi connectivity index (χ1v) is 5.00. The second kappa shape index (κ2) is 6.32. The van der Waals surface area contributed by atoms with Gasteiger partial charge >= 0.3 is 0 Å². The quantitative estimate of drug-likeness (QED) is 0.587. The molecular weight excluding hydrogens is 220 g/mol. The second-order valence-corrected chi connectivity index (χ2v) is 3.24. The van der Waals surface area contributed by atoms with E-state index in [1.165, 1.54) is 13.1 Å². The van der Waals surface area contributed by atoms with Gasteiger partial charge in [0.05, 0.1) is 12.2 Å². The molecule has 1 N–H and O–H groups in total. The van der Waals surface area contributed by atoms with Crippen LogP contribution in [-0.2, 0) is 14.4 Å². The Balaban J connectivity index is 2.94. The van der Waals surface area contributed by atoms with Crippen molar-refractivity contribution in [2.45, 2.75) is 6.92 Å². The molecule has 0 fully saturated rings. The Kier molecular flexibility index (Phi) is 4.75. The summed E-state index contributed by atoms with van der Waals surface area (Å²) in [5, 5.41) is 2.32. The number of Topliss-reactive ketones (excluding diaryl/α,β-unsaturated/α-hetero) is 1. The normalized spacial score (nSPS) is 10.8. The average molecular weight is 232 g/mol. The van der Waals surface area contributed by atoms with Crippen LogP contribution in [0.1, 0.15) is 12.6 Å². The molecule has 0 atom stereocenters. The number of ketones is 1. The van der Waals surface area contributed by atoms with Crippen LogP contribution in [-0.4, -0.2) is 29.5 Å². The monoisotopic (exact) mass is 232 g/mol. The molecule has 1 rings (SSSR count). The van der Waals surface area contributed by atoms with Crippen molar-refractivity contribution in [2.24, 2.45) is 0 Å². The van der Waals surface area contributed by atoms with Gasteiger partial charge in [0.2, 0.25) is 5.91 Å².